The maximum atomic E-state index is 12.2. The lowest BCUT2D eigenvalue weighted by Gasteiger charge is -2.21. The minimum absolute atomic E-state index is 0.0265. The minimum Gasteiger partial charge on any atom is -0.490 e. The third-order valence-corrected chi connectivity index (χ3v) is 4.69. The van der Waals surface area contributed by atoms with E-state index in [2.05, 4.69) is 0 Å². The van der Waals surface area contributed by atoms with E-state index in [-0.39, 0.29) is 12.4 Å². The fourth-order valence-electron chi connectivity index (χ4n) is 1.89. The molecule has 0 aliphatic rings. The smallest absolute Gasteiger partial charge is 0.217 e. The van der Waals surface area contributed by atoms with Crippen LogP contribution in [0.1, 0.15) is 26.7 Å². The summed E-state index contributed by atoms with van der Waals surface area (Å²) < 4.78 is 31.4. The molecule has 0 saturated carbocycles. The van der Waals surface area contributed by atoms with Gasteiger partial charge in [0.05, 0.1) is 11.4 Å². The molecule has 1 aromatic rings. The summed E-state index contributed by atoms with van der Waals surface area (Å²) in [5, 5.41) is 0. The normalized spacial score (nSPS) is 11.8. The molecule has 0 amide bonds. The van der Waals surface area contributed by atoms with Crippen LogP contribution in [-0.4, -0.2) is 38.2 Å². The Morgan fingerprint density at radius 3 is 2.30 bits per heavy atom. The molecule has 0 saturated heterocycles. The zero-order valence-electron chi connectivity index (χ0n) is 12.2. The third kappa shape index (κ3) is 5.02. The average Bonchev–Trinajstić information content (AvgIpc) is 2.40. The number of nitrogen functional groups attached to an aromatic ring is 1. The van der Waals surface area contributed by atoms with Crippen molar-refractivity contribution in [2.75, 3.05) is 31.2 Å². The lowest BCUT2D eigenvalue weighted by molar-refractivity contribution is 0.335. The Morgan fingerprint density at radius 1 is 1.15 bits per heavy atom. The van der Waals surface area contributed by atoms with Gasteiger partial charge >= 0.3 is 0 Å². The number of nitrogens with zero attached hydrogens (tertiary/aromatic N) is 1. The van der Waals surface area contributed by atoms with E-state index in [1.165, 1.54) is 4.31 Å². The maximum absolute atomic E-state index is 12.2. The number of benzene rings is 1. The molecule has 0 aliphatic carbocycles. The quantitative estimate of drug-likeness (QED) is 0.709. The molecule has 20 heavy (non-hydrogen) atoms. The van der Waals surface area contributed by atoms with Gasteiger partial charge in [-0.1, -0.05) is 26.0 Å². The minimum atomic E-state index is -3.26. The van der Waals surface area contributed by atoms with E-state index in [9.17, 15) is 8.42 Å². The molecule has 0 fully saturated rings. The van der Waals surface area contributed by atoms with Crippen LogP contribution in [0.15, 0.2) is 24.3 Å². The van der Waals surface area contributed by atoms with Crippen molar-refractivity contribution >= 4 is 15.7 Å². The predicted octanol–water partition coefficient (Wildman–Crippen LogP) is 2.10. The van der Waals surface area contributed by atoms with Crippen molar-refractivity contribution in [3.63, 3.8) is 0 Å². The summed E-state index contributed by atoms with van der Waals surface area (Å²) in [6, 6.07) is 7.08. The standard InChI is InChI=1S/C14H24N2O3S/c1-3-9-16(10-4-2)20(17,18)12-11-19-14-8-6-5-7-13(14)15/h5-8H,3-4,9-12,15H2,1-2H3. The van der Waals surface area contributed by atoms with Crippen LogP contribution in [0, 0.1) is 0 Å². The summed E-state index contributed by atoms with van der Waals surface area (Å²) in [5.74, 6) is 0.502. The summed E-state index contributed by atoms with van der Waals surface area (Å²) in [4.78, 5) is 0. The molecule has 1 aromatic carbocycles. The molecule has 0 aromatic heterocycles. The molecule has 0 spiro atoms. The summed E-state index contributed by atoms with van der Waals surface area (Å²) in [7, 11) is -3.26. The van der Waals surface area contributed by atoms with Crippen molar-refractivity contribution in [3.05, 3.63) is 24.3 Å². The molecule has 5 nitrogen and oxygen atoms in total. The zero-order valence-corrected chi connectivity index (χ0v) is 13.0. The number of rotatable bonds is 9. The number of nitrogens with two attached hydrogens (primary N) is 1. The van der Waals surface area contributed by atoms with Gasteiger partial charge in [-0.15, -0.1) is 0 Å². The molecule has 2 N–H and O–H groups in total. The third-order valence-electron chi connectivity index (χ3n) is 2.86. The van der Waals surface area contributed by atoms with Gasteiger partial charge < -0.3 is 10.5 Å². The van der Waals surface area contributed by atoms with E-state index >= 15 is 0 Å². The van der Waals surface area contributed by atoms with Crippen LogP contribution in [0.4, 0.5) is 5.69 Å². The van der Waals surface area contributed by atoms with Crippen molar-refractivity contribution in [1.82, 2.24) is 4.31 Å². The topological polar surface area (TPSA) is 72.6 Å². The van der Waals surface area contributed by atoms with E-state index in [4.69, 9.17) is 10.5 Å². The number of para-hydroxylation sites is 2. The van der Waals surface area contributed by atoms with Crippen LogP contribution in [0.3, 0.4) is 0 Å². The molecule has 0 bridgehead atoms. The van der Waals surface area contributed by atoms with Crippen LogP contribution in [0.25, 0.3) is 0 Å². The molecule has 0 atom stereocenters. The van der Waals surface area contributed by atoms with Crippen LogP contribution in [0.5, 0.6) is 5.75 Å². The number of anilines is 1. The first-order valence-electron chi connectivity index (χ1n) is 6.96. The van der Waals surface area contributed by atoms with Crippen LogP contribution in [-0.2, 0) is 10.0 Å². The fraction of sp³-hybridized carbons (Fsp3) is 0.571. The first-order chi connectivity index (χ1) is 9.51. The lowest BCUT2D eigenvalue weighted by atomic mass is 10.3. The molecule has 1 rings (SSSR count). The summed E-state index contributed by atoms with van der Waals surface area (Å²) >= 11 is 0. The number of ether oxygens (including phenoxy) is 1. The van der Waals surface area contributed by atoms with E-state index in [1.807, 2.05) is 19.9 Å². The Labute approximate surface area is 121 Å². The molecule has 6 heteroatoms. The average molecular weight is 300 g/mol. The van der Waals surface area contributed by atoms with Gasteiger partial charge in [-0.2, -0.15) is 0 Å². The molecule has 114 valence electrons. The van der Waals surface area contributed by atoms with Gasteiger partial charge in [0, 0.05) is 13.1 Å². The SMILES string of the molecule is CCCN(CCC)S(=O)(=O)CCOc1ccccc1N. The van der Waals surface area contributed by atoms with Gasteiger partial charge in [0.1, 0.15) is 12.4 Å². The van der Waals surface area contributed by atoms with Gasteiger partial charge in [0.2, 0.25) is 10.0 Å². The Hall–Kier alpha value is -1.27. The number of hydrogen-bond donors (Lipinski definition) is 1. The Morgan fingerprint density at radius 2 is 1.75 bits per heavy atom. The van der Waals surface area contributed by atoms with E-state index in [0.29, 0.717) is 24.5 Å². The van der Waals surface area contributed by atoms with Crippen molar-refractivity contribution in [3.8, 4) is 5.75 Å². The first-order valence-corrected chi connectivity index (χ1v) is 8.57. The highest BCUT2D eigenvalue weighted by atomic mass is 32.2. The van der Waals surface area contributed by atoms with Crippen molar-refractivity contribution in [1.29, 1.82) is 0 Å². The van der Waals surface area contributed by atoms with Crippen molar-refractivity contribution in [2.45, 2.75) is 26.7 Å². The Balaban J connectivity index is 2.56. The Bertz CT molecular complexity index is 497. The largest absolute Gasteiger partial charge is 0.490 e. The zero-order chi connectivity index (χ0) is 15.0. The second kappa shape index (κ2) is 8.11. The molecular formula is C14H24N2O3S. The van der Waals surface area contributed by atoms with Crippen molar-refractivity contribution in [2.24, 2.45) is 0 Å². The highest BCUT2D eigenvalue weighted by Crippen LogP contribution is 2.19. The van der Waals surface area contributed by atoms with E-state index < -0.39 is 10.0 Å². The van der Waals surface area contributed by atoms with Gasteiger partial charge in [-0.05, 0) is 25.0 Å². The lowest BCUT2D eigenvalue weighted by Crippen LogP contribution is -2.36. The summed E-state index contributed by atoms with van der Waals surface area (Å²) in [6.07, 6.45) is 1.62. The summed E-state index contributed by atoms with van der Waals surface area (Å²) in [6.45, 7) is 5.17. The number of hydrogen-bond acceptors (Lipinski definition) is 4. The van der Waals surface area contributed by atoms with Crippen LogP contribution >= 0.6 is 0 Å². The van der Waals surface area contributed by atoms with Crippen LogP contribution in [0.2, 0.25) is 0 Å². The molecular weight excluding hydrogens is 276 g/mol. The first kappa shape index (κ1) is 16.8. The monoisotopic (exact) mass is 300 g/mol. The van der Waals surface area contributed by atoms with Gasteiger partial charge in [-0.25, -0.2) is 12.7 Å². The summed E-state index contributed by atoms with van der Waals surface area (Å²) in [5.41, 5.74) is 6.26. The molecule has 0 heterocycles. The van der Waals surface area contributed by atoms with E-state index in [1.54, 1.807) is 18.2 Å². The fourth-order valence-corrected chi connectivity index (χ4v) is 3.36. The highest BCUT2D eigenvalue weighted by molar-refractivity contribution is 7.89. The second-order valence-electron chi connectivity index (χ2n) is 4.60. The second-order valence-corrected chi connectivity index (χ2v) is 6.69. The molecule has 0 aliphatic heterocycles. The Kier molecular flexibility index (Phi) is 6.81. The van der Waals surface area contributed by atoms with Crippen molar-refractivity contribution < 1.29 is 13.2 Å². The van der Waals surface area contributed by atoms with Crippen LogP contribution < -0.4 is 10.5 Å². The predicted molar refractivity (Wildman–Crippen MR) is 82.3 cm³/mol. The number of sulfonamides is 1. The van der Waals surface area contributed by atoms with Gasteiger partial charge in [0.15, 0.2) is 0 Å². The maximum Gasteiger partial charge on any atom is 0.217 e. The van der Waals surface area contributed by atoms with E-state index in [0.717, 1.165) is 12.8 Å². The van der Waals surface area contributed by atoms with Gasteiger partial charge in [-0.3, -0.25) is 0 Å². The molecule has 0 unspecified atom stereocenters. The molecule has 0 radical (unpaired) electrons. The van der Waals surface area contributed by atoms with Gasteiger partial charge in [0.25, 0.3) is 0 Å². The highest BCUT2D eigenvalue weighted by Gasteiger charge is 2.20.